The summed E-state index contributed by atoms with van der Waals surface area (Å²) >= 11 is 5.90. The summed E-state index contributed by atoms with van der Waals surface area (Å²) in [6.07, 6.45) is 6.80. The summed E-state index contributed by atoms with van der Waals surface area (Å²) in [6, 6.07) is 5.29. The van der Waals surface area contributed by atoms with Gasteiger partial charge in [-0.15, -0.1) is 0 Å². The Kier molecular flexibility index (Phi) is 3.58. The fraction of sp³-hybridized carbons (Fsp3) is 0.0667. The second-order valence-electron chi connectivity index (χ2n) is 3.82. The summed E-state index contributed by atoms with van der Waals surface area (Å²) in [7, 11) is 0. The van der Waals surface area contributed by atoms with Crippen LogP contribution in [0.25, 0.3) is 23.1 Å². The topological polar surface area (TPSA) is 30.0 Å². The molecule has 1 heterocycles. The molecule has 0 N–H and O–H groups in total. The summed E-state index contributed by atoms with van der Waals surface area (Å²) in [5.74, 6) is 0. The van der Waals surface area contributed by atoms with E-state index >= 15 is 0 Å². The van der Waals surface area contributed by atoms with E-state index in [1.807, 2.05) is 19.1 Å². The van der Waals surface area contributed by atoms with Crippen LogP contribution in [0.1, 0.15) is 18.1 Å². The van der Waals surface area contributed by atoms with Crippen LogP contribution in [0.2, 0.25) is 5.02 Å². The molecule has 3 heteroatoms. The number of hydrogen-bond donors (Lipinski definition) is 0. The summed E-state index contributed by atoms with van der Waals surface area (Å²) in [6.45, 7) is 5.60. The van der Waals surface area contributed by atoms with E-state index in [-0.39, 0.29) is 5.43 Å². The van der Waals surface area contributed by atoms with Gasteiger partial charge in [0.15, 0.2) is 5.43 Å². The van der Waals surface area contributed by atoms with Gasteiger partial charge in [0.2, 0.25) is 0 Å². The van der Waals surface area contributed by atoms with Crippen molar-refractivity contribution in [3.63, 3.8) is 0 Å². The molecule has 2 nitrogen and oxygen atoms in total. The van der Waals surface area contributed by atoms with Crippen LogP contribution < -0.4 is 5.43 Å². The molecule has 0 aliphatic heterocycles. The van der Waals surface area contributed by atoms with Crippen molar-refractivity contribution in [1.29, 1.82) is 0 Å². The molecule has 0 unspecified atom stereocenters. The number of rotatable bonds is 2. The van der Waals surface area contributed by atoms with Gasteiger partial charge in [0.1, 0.15) is 0 Å². The van der Waals surface area contributed by atoms with Crippen molar-refractivity contribution in [2.45, 2.75) is 6.92 Å². The molecule has 0 radical (unpaired) electrons. The number of allylic oxidation sites excluding steroid dienone is 1. The number of nitrogens with zero attached hydrogens (tertiary/aromatic N) is 1. The molecule has 2 rings (SSSR count). The average Bonchev–Trinajstić information content (AvgIpc) is 2.49. The number of hydrogen-bond acceptors (Lipinski definition) is 2. The first-order valence-electron chi connectivity index (χ1n) is 5.55. The van der Waals surface area contributed by atoms with Crippen LogP contribution in [-0.4, -0.2) is 4.98 Å². The first kappa shape index (κ1) is 12.5. The lowest BCUT2D eigenvalue weighted by atomic mass is 10.1. The molecule has 0 amide bonds. The zero-order valence-electron chi connectivity index (χ0n) is 9.98. The third-order valence-electron chi connectivity index (χ3n) is 2.66. The zero-order valence-corrected chi connectivity index (χ0v) is 10.7. The van der Waals surface area contributed by atoms with Gasteiger partial charge in [0.25, 0.3) is 0 Å². The average molecular weight is 258 g/mol. The Hall–Kier alpha value is -1.93. The molecule has 0 spiro atoms. The molecule has 1 aromatic heterocycles. The maximum atomic E-state index is 12.5. The second kappa shape index (κ2) is 5.15. The molecule has 0 aliphatic rings. The van der Waals surface area contributed by atoms with E-state index in [9.17, 15) is 4.79 Å². The minimum atomic E-state index is -0.0852. The van der Waals surface area contributed by atoms with Gasteiger partial charge in [-0.1, -0.05) is 42.5 Å². The third-order valence-corrected chi connectivity index (χ3v) is 2.87. The van der Waals surface area contributed by atoms with Gasteiger partial charge in [0.05, 0.1) is 10.5 Å². The van der Waals surface area contributed by atoms with Crippen LogP contribution in [0.5, 0.6) is 0 Å². The Morgan fingerprint density at radius 3 is 2.83 bits per heavy atom. The van der Waals surface area contributed by atoms with Crippen LogP contribution in [0, 0.1) is 0 Å². The maximum absolute atomic E-state index is 12.5. The number of fused-ring (bicyclic) bond motifs is 1. The lowest BCUT2D eigenvalue weighted by molar-refractivity contribution is 1.41. The molecule has 0 fully saturated rings. The quantitative estimate of drug-likeness (QED) is 0.816. The predicted molar refractivity (Wildman–Crippen MR) is 77.8 cm³/mol. The van der Waals surface area contributed by atoms with Crippen molar-refractivity contribution in [3.05, 3.63) is 63.4 Å². The third kappa shape index (κ3) is 2.20. The van der Waals surface area contributed by atoms with Crippen molar-refractivity contribution >= 4 is 34.7 Å². The highest BCUT2D eigenvalue weighted by atomic mass is 35.5. The van der Waals surface area contributed by atoms with Gasteiger partial charge in [-0.2, -0.15) is 0 Å². The van der Waals surface area contributed by atoms with Gasteiger partial charge in [-0.25, -0.2) is 0 Å². The van der Waals surface area contributed by atoms with Gasteiger partial charge >= 0.3 is 0 Å². The Balaban J connectivity index is 3.02. The van der Waals surface area contributed by atoms with Crippen LogP contribution in [0.3, 0.4) is 0 Å². The fourth-order valence-electron chi connectivity index (χ4n) is 1.82. The molecule has 0 aliphatic carbocycles. The molecule has 0 saturated heterocycles. The summed E-state index contributed by atoms with van der Waals surface area (Å²) in [4.78, 5) is 16.6. The molecular formula is C15H12ClNO. The van der Waals surface area contributed by atoms with E-state index in [4.69, 9.17) is 11.6 Å². The van der Waals surface area contributed by atoms with Crippen LogP contribution in [0.15, 0.2) is 41.8 Å². The molecular weight excluding hydrogens is 246 g/mol. The highest BCUT2D eigenvalue weighted by molar-refractivity contribution is 6.31. The van der Waals surface area contributed by atoms with Crippen LogP contribution in [0.4, 0.5) is 0 Å². The normalized spacial score (nSPS) is 11.0. The maximum Gasteiger partial charge on any atom is 0.195 e. The van der Waals surface area contributed by atoms with Crippen molar-refractivity contribution in [1.82, 2.24) is 4.98 Å². The fourth-order valence-corrected chi connectivity index (χ4v) is 1.97. The largest absolute Gasteiger partial charge is 0.289 e. The summed E-state index contributed by atoms with van der Waals surface area (Å²) in [5, 5.41) is 0.973. The molecule has 0 atom stereocenters. The van der Waals surface area contributed by atoms with Gasteiger partial charge in [-0.3, -0.25) is 9.78 Å². The molecule has 2 aromatic rings. The molecule has 0 bridgehead atoms. The van der Waals surface area contributed by atoms with Crippen molar-refractivity contribution in [2.75, 3.05) is 0 Å². The molecule has 1 aromatic carbocycles. The molecule has 90 valence electrons. The highest BCUT2D eigenvalue weighted by Crippen LogP contribution is 2.16. The molecule has 0 saturated carbocycles. The Morgan fingerprint density at radius 2 is 2.17 bits per heavy atom. The van der Waals surface area contributed by atoms with Crippen molar-refractivity contribution in [3.8, 4) is 0 Å². The Morgan fingerprint density at radius 1 is 1.39 bits per heavy atom. The molecule has 18 heavy (non-hydrogen) atoms. The van der Waals surface area contributed by atoms with Gasteiger partial charge < -0.3 is 0 Å². The first-order chi connectivity index (χ1) is 8.67. The second-order valence-corrected chi connectivity index (χ2v) is 4.26. The lowest BCUT2D eigenvalue weighted by Gasteiger charge is -1.94. The van der Waals surface area contributed by atoms with E-state index in [0.717, 1.165) is 5.56 Å². The summed E-state index contributed by atoms with van der Waals surface area (Å²) < 4.78 is 0. The van der Waals surface area contributed by atoms with Crippen LogP contribution >= 0.6 is 11.6 Å². The van der Waals surface area contributed by atoms with E-state index in [1.165, 1.54) is 6.20 Å². The van der Waals surface area contributed by atoms with Gasteiger partial charge in [0, 0.05) is 17.1 Å². The van der Waals surface area contributed by atoms with E-state index in [0.29, 0.717) is 21.5 Å². The zero-order chi connectivity index (χ0) is 13.1. The predicted octanol–water partition coefficient (Wildman–Crippen LogP) is 3.92. The monoisotopic (exact) mass is 257 g/mol. The van der Waals surface area contributed by atoms with E-state index in [1.54, 1.807) is 24.3 Å². The first-order valence-corrected chi connectivity index (χ1v) is 5.93. The van der Waals surface area contributed by atoms with Crippen molar-refractivity contribution < 1.29 is 0 Å². The lowest BCUT2D eigenvalue weighted by Crippen LogP contribution is -2.04. The highest BCUT2D eigenvalue weighted by Gasteiger charge is 2.05. The SMILES string of the molecule is C=Cc1ccc2ncc(Cl)cc2c(=O)c1/C=C\C. The van der Waals surface area contributed by atoms with E-state index < -0.39 is 0 Å². The van der Waals surface area contributed by atoms with E-state index in [2.05, 4.69) is 11.6 Å². The van der Waals surface area contributed by atoms with Crippen LogP contribution in [-0.2, 0) is 0 Å². The Bertz CT molecular complexity index is 705. The number of aromatic nitrogens is 1. The number of halogens is 1. The minimum Gasteiger partial charge on any atom is -0.289 e. The minimum absolute atomic E-state index is 0.0852. The van der Waals surface area contributed by atoms with Crippen molar-refractivity contribution in [2.24, 2.45) is 0 Å². The van der Waals surface area contributed by atoms with Gasteiger partial charge in [-0.05, 0) is 24.6 Å². The summed E-state index contributed by atoms with van der Waals surface area (Å²) in [5.41, 5.74) is 1.93. The Labute approximate surface area is 110 Å². The number of pyridine rings is 1. The standard InChI is InChI=1S/C15H12ClNO/c1-3-5-12-10(4-2)6-7-14-13(15(12)18)8-11(16)9-17-14/h3-9H,2H2,1H3/b5-3-. The smallest absolute Gasteiger partial charge is 0.195 e.